The van der Waals surface area contributed by atoms with Gasteiger partial charge in [-0.25, -0.2) is 0 Å². The van der Waals surface area contributed by atoms with Gasteiger partial charge in [-0.15, -0.1) is 0 Å². The molecule has 0 atom stereocenters. The van der Waals surface area contributed by atoms with E-state index in [2.05, 4.69) is 28.1 Å². The van der Waals surface area contributed by atoms with Crippen LogP contribution in [0.5, 0.6) is 0 Å². The average Bonchev–Trinajstić information content (AvgIpc) is 3.05. The molecule has 1 aromatic heterocycles. The van der Waals surface area contributed by atoms with Crippen LogP contribution in [-0.4, -0.2) is 36.2 Å². The highest BCUT2D eigenvalue weighted by atomic mass is 35.5. The normalized spacial score (nSPS) is 16.9. The highest BCUT2D eigenvalue weighted by Crippen LogP contribution is 2.43. The van der Waals surface area contributed by atoms with Gasteiger partial charge in [-0.05, 0) is 77.5 Å². The van der Waals surface area contributed by atoms with Gasteiger partial charge in [-0.2, -0.15) is 13.2 Å². The van der Waals surface area contributed by atoms with Gasteiger partial charge in [0.15, 0.2) is 0 Å². The lowest BCUT2D eigenvalue weighted by Crippen LogP contribution is -2.47. The molecular formula is C30H29ClF4N2. The van der Waals surface area contributed by atoms with Gasteiger partial charge >= 0.3 is 6.18 Å². The second-order valence-electron chi connectivity index (χ2n) is 9.98. The topological polar surface area (TPSA) is 16.1 Å². The summed E-state index contributed by atoms with van der Waals surface area (Å²) < 4.78 is 54.6. The number of halogens is 5. The average molecular weight is 529 g/mol. The minimum Gasteiger partial charge on any atom is -0.303 e. The lowest BCUT2D eigenvalue weighted by Gasteiger charge is -2.39. The van der Waals surface area contributed by atoms with E-state index in [1.807, 2.05) is 30.3 Å². The third-order valence-electron chi connectivity index (χ3n) is 7.31. The fourth-order valence-corrected chi connectivity index (χ4v) is 5.76. The van der Waals surface area contributed by atoms with Crippen molar-refractivity contribution in [2.24, 2.45) is 5.92 Å². The lowest BCUT2D eigenvalue weighted by molar-refractivity contribution is -0.138. The molecule has 1 aliphatic heterocycles. The second-order valence-corrected chi connectivity index (χ2v) is 10.4. The molecule has 2 nitrogen and oxygen atoms in total. The molecule has 5 rings (SSSR count). The van der Waals surface area contributed by atoms with Gasteiger partial charge in [-0.1, -0.05) is 60.1 Å². The monoisotopic (exact) mass is 528 g/mol. The van der Waals surface area contributed by atoms with Gasteiger partial charge in [0.1, 0.15) is 0 Å². The lowest BCUT2D eigenvalue weighted by atomic mass is 9.87. The Morgan fingerprint density at radius 2 is 1.76 bits per heavy atom. The number of pyridine rings is 1. The van der Waals surface area contributed by atoms with Crippen LogP contribution >= 0.6 is 11.6 Å². The van der Waals surface area contributed by atoms with Crippen molar-refractivity contribution >= 4 is 22.7 Å². The van der Waals surface area contributed by atoms with E-state index in [1.165, 1.54) is 11.8 Å². The number of likely N-dealkylation sites (tertiary alicyclic amines) is 1. The van der Waals surface area contributed by atoms with Crippen LogP contribution in [0.25, 0.3) is 11.1 Å². The predicted octanol–water partition coefficient (Wildman–Crippen LogP) is 7.88. The van der Waals surface area contributed by atoms with E-state index in [4.69, 9.17) is 11.6 Å². The number of rotatable bonds is 7. The summed E-state index contributed by atoms with van der Waals surface area (Å²) >= 11 is 5.94. The Kier molecular flexibility index (Phi) is 7.68. The summed E-state index contributed by atoms with van der Waals surface area (Å²) in [5.41, 5.74) is 4.73. The molecule has 1 saturated heterocycles. The molecule has 0 amide bonds. The molecule has 0 spiro atoms. The first-order valence-electron chi connectivity index (χ1n) is 12.8. The number of hydrogen-bond acceptors (Lipinski definition) is 2. The van der Waals surface area contributed by atoms with Crippen molar-refractivity contribution in [3.63, 3.8) is 0 Å². The maximum Gasteiger partial charge on any atom is 0.418 e. The van der Waals surface area contributed by atoms with Crippen LogP contribution in [0.15, 0.2) is 60.8 Å². The van der Waals surface area contributed by atoms with Crippen molar-refractivity contribution in [3.05, 3.63) is 99.3 Å². The zero-order chi connectivity index (χ0) is 26.0. The Balaban J connectivity index is 1.53. The first-order chi connectivity index (χ1) is 17.8. The van der Waals surface area contributed by atoms with Crippen molar-refractivity contribution in [3.8, 4) is 0 Å². The van der Waals surface area contributed by atoms with Crippen molar-refractivity contribution in [1.82, 2.24) is 9.88 Å². The molecule has 0 unspecified atom stereocenters. The molecule has 0 N–H and O–H groups in total. The summed E-state index contributed by atoms with van der Waals surface area (Å²) in [6, 6.07) is 17.1. The molecule has 0 bridgehead atoms. The van der Waals surface area contributed by atoms with Gasteiger partial charge in [-0.3, -0.25) is 9.37 Å². The van der Waals surface area contributed by atoms with Gasteiger partial charge in [0.05, 0.1) is 23.0 Å². The van der Waals surface area contributed by atoms with E-state index in [0.29, 0.717) is 24.3 Å². The Labute approximate surface area is 220 Å². The van der Waals surface area contributed by atoms with Gasteiger partial charge in [0.2, 0.25) is 0 Å². The number of aromatic nitrogens is 1. The van der Waals surface area contributed by atoms with E-state index in [9.17, 15) is 17.6 Å². The summed E-state index contributed by atoms with van der Waals surface area (Å²) in [5.74, 6) is 0.548. The molecular weight excluding hydrogens is 500 g/mol. The highest BCUT2D eigenvalue weighted by Gasteiger charge is 2.36. The van der Waals surface area contributed by atoms with Gasteiger partial charge < -0.3 is 4.90 Å². The number of alkyl halides is 4. The minimum atomic E-state index is -4.57. The smallest absolute Gasteiger partial charge is 0.303 e. The highest BCUT2D eigenvalue weighted by molar-refractivity contribution is 6.30. The van der Waals surface area contributed by atoms with Crippen LogP contribution in [0.2, 0.25) is 5.02 Å². The Morgan fingerprint density at radius 1 is 1.00 bits per heavy atom. The quantitative estimate of drug-likeness (QED) is 0.290. The Morgan fingerprint density at radius 3 is 2.49 bits per heavy atom. The van der Waals surface area contributed by atoms with E-state index < -0.39 is 11.7 Å². The molecule has 2 aromatic carbocycles. The molecule has 2 aliphatic rings. The number of nitrogens with zero attached hydrogens (tertiary/aromatic N) is 2. The molecule has 0 saturated carbocycles. The second kappa shape index (κ2) is 11.0. The van der Waals surface area contributed by atoms with Crippen molar-refractivity contribution in [2.45, 2.75) is 38.3 Å². The third kappa shape index (κ3) is 5.75. The largest absolute Gasteiger partial charge is 0.418 e. The fourth-order valence-electron chi connectivity index (χ4n) is 5.60. The SMILES string of the molecule is FCCCN1CC(Cc2ccc(C3=C(c4ncc(Cl)cc4C(F)(F)F)CCCc4ccccc43)cc2)C1. The van der Waals surface area contributed by atoms with Gasteiger partial charge in [0, 0.05) is 25.8 Å². The molecule has 0 radical (unpaired) electrons. The number of allylic oxidation sites excluding steroid dienone is 1. The Bertz CT molecular complexity index is 1280. The van der Waals surface area contributed by atoms with Crippen LogP contribution in [0, 0.1) is 5.92 Å². The van der Waals surface area contributed by atoms with Crippen molar-refractivity contribution in [1.29, 1.82) is 0 Å². The number of aryl methyl sites for hydroxylation is 1. The standard InChI is InChI=1S/C30H29ClF4N2/c31-24-16-27(30(33,34)35)29(36-17-24)26-8-3-6-22-5-1-2-7-25(22)28(26)23-11-9-20(10-12-23)15-21-18-37(19-21)14-4-13-32/h1-2,5,7,9-12,16-17,21H,3-4,6,8,13-15,18-19H2. The van der Waals surface area contributed by atoms with Gasteiger partial charge in [0.25, 0.3) is 0 Å². The summed E-state index contributed by atoms with van der Waals surface area (Å²) in [6.07, 6.45) is 0.256. The van der Waals surface area contributed by atoms with Crippen LogP contribution in [0.4, 0.5) is 17.6 Å². The summed E-state index contributed by atoms with van der Waals surface area (Å²) in [5, 5.41) is -0.0316. The maximum absolute atomic E-state index is 14.1. The molecule has 1 aliphatic carbocycles. The van der Waals surface area contributed by atoms with E-state index in [0.717, 1.165) is 67.2 Å². The fraction of sp³-hybridized carbons (Fsp3) is 0.367. The van der Waals surface area contributed by atoms with Crippen LogP contribution in [-0.2, 0) is 19.0 Å². The number of fused-ring (bicyclic) bond motifs is 1. The first-order valence-corrected chi connectivity index (χ1v) is 13.1. The molecule has 1 fully saturated rings. The third-order valence-corrected chi connectivity index (χ3v) is 7.52. The van der Waals surface area contributed by atoms with E-state index >= 15 is 0 Å². The van der Waals surface area contributed by atoms with E-state index in [-0.39, 0.29) is 17.4 Å². The zero-order valence-corrected chi connectivity index (χ0v) is 21.3. The Hall–Kier alpha value is -2.70. The summed E-state index contributed by atoms with van der Waals surface area (Å²) in [4.78, 5) is 6.50. The minimum absolute atomic E-state index is 0.0316. The molecule has 3 aromatic rings. The van der Waals surface area contributed by atoms with Crippen LogP contribution < -0.4 is 0 Å². The van der Waals surface area contributed by atoms with Crippen molar-refractivity contribution in [2.75, 3.05) is 26.3 Å². The summed E-state index contributed by atoms with van der Waals surface area (Å²) in [7, 11) is 0. The van der Waals surface area contributed by atoms with Crippen LogP contribution in [0.1, 0.15) is 52.8 Å². The molecule has 2 heterocycles. The summed E-state index contributed by atoms with van der Waals surface area (Å²) in [6.45, 7) is 2.49. The van der Waals surface area contributed by atoms with Crippen molar-refractivity contribution < 1.29 is 17.6 Å². The predicted molar refractivity (Wildman–Crippen MR) is 140 cm³/mol. The molecule has 37 heavy (non-hydrogen) atoms. The van der Waals surface area contributed by atoms with E-state index in [1.54, 1.807) is 0 Å². The molecule has 7 heteroatoms. The molecule has 194 valence electrons. The maximum atomic E-state index is 14.1. The zero-order valence-electron chi connectivity index (χ0n) is 20.5. The number of benzene rings is 2. The van der Waals surface area contributed by atoms with Crippen LogP contribution in [0.3, 0.4) is 0 Å². The first kappa shape index (κ1) is 25.9. The number of hydrogen-bond donors (Lipinski definition) is 0.